The maximum absolute atomic E-state index is 11.4. The van der Waals surface area contributed by atoms with Crippen molar-refractivity contribution < 1.29 is 34.1 Å². The Bertz CT molecular complexity index is 324. The molecule has 0 aromatic heterocycles. The van der Waals surface area contributed by atoms with E-state index in [0.29, 0.717) is 0 Å². The topological polar surface area (TPSA) is 113 Å². The van der Waals surface area contributed by atoms with Crippen LogP contribution < -0.4 is 5.11 Å². The van der Waals surface area contributed by atoms with Crippen molar-refractivity contribution in [2.75, 3.05) is 0 Å². The molecule has 7 heteroatoms. The first-order chi connectivity index (χ1) is 8.70. The number of rotatable bonds is 8. The third-order valence-electron chi connectivity index (χ3n) is 2.04. The number of aliphatic carboxylic acids is 1. The van der Waals surface area contributed by atoms with Crippen LogP contribution >= 0.6 is 0 Å². The molecule has 0 bridgehead atoms. The normalized spacial score (nSPS) is 15.2. The monoisotopic (exact) mass is 275 g/mol. The fraction of sp³-hybridized carbons (Fsp3) is 0.750. The summed E-state index contributed by atoms with van der Waals surface area (Å²) < 4.78 is 9.66. The Balaban J connectivity index is 3.98. The van der Waals surface area contributed by atoms with Crippen molar-refractivity contribution in [3.8, 4) is 0 Å². The molecular formula is C12H19O7-. The Hall–Kier alpha value is -1.63. The van der Waals surface area contributed by atoms with Crippen LogP contribution in [0.1, 0.15) is 40.0 Å². The first kappa shape index (κ1) is 17.4. The molecular weight excluding hydrogens is 256 g/mol. The van der Waals surface area contributed by atoms with Crippen molar-refractivity contribution in [1.29, 1.82) is 0 Å². The molecule has 0 saturated heterocycles. The van der Waals surface area contributed by atoms with E-state index in [1.165, 1.54) is 20.8 Å². The third kappa shape index (κ3) is 10.0. The fourth-order valence-electron chi connectivity index (χ4n) is 1.34. The number of carboxylic acids is 1. The molecule has 0 amide bonds. The second-order valence-corrected chi connectivity index (χ2v) is 4.43. The van der Waals surface area contributed by atoms with Crippen molar-refractivity contribution in [1.82, 2.24) is 0 Å². The summed E-state index contributed by atoms with van der Waals surface area (Å²) in [6, 6.07) is 0. The molecule has 0 aliphatic heterocycles. The molecule has 0 fully saturated rings. The molecule has 0 rings (SSSR count). The average molecular weight is 275 g/mol. The summed E-state index contributed by atoms with van der Waals surface area (Å²) in [6.45, 7) is 4.38. The van der Waals surface area contributed by atoms with Crippen molar-refractivity contribution >= 4 is 17.9 Å². The van der Waals surface area contributed by atoms with Gasteiger partial charge in [0.05, 0.1) is 18.9 Å². The molecule has 0 saturated carbocycles. The predicted octanol–water partition coefficient (Wildman–Crippen LogP) is -0.849. The number of carbonyl (C=O) groups is 3. The summed E-state index contributed by atoms with van der Waals surface area (Å²) in [6.07, 6.45) is -3.02. The SMILES string of the molecule is C[C@H](CC(=O)[O-])OC(=O)C[C@@H](C)OC(=O)C[C@@H](C)O. The number of esters is 2. The van der Waals surface area contributed by atoms with Crippen LogP contribution in [0.15, 0.2) is 0 Å². The van der Waals surface area contributed by atoms with E-state index in [9.17, 15) is 19.5 Å². The van der Waals surface area contributed by atoms with E-state index < -0.39 is 36.2 Å². The minimum Gasteiger partial charge on any atom is -0.550 e. The molecule has 110 valence electrons. The average Bonchev–Trinajstić information content (AvgIpc) is 2.12. The second kappa shape index (κ2) is 8.47. The van der Waals surface area contributed by atoms with E-state index in [1.807, 2.05) is 0 Å². The lowest BCUT2D eigenvalue weighted by atomic mass is 10.2. The lowest BCUT2D eigenvalue weighted by Crippen LogP contribution is -2.29. The van der Waals surface area contributed by atoms with Gasteiger partial charge in [0.15, 0.2) is 0 Å². The molecule has 0 unspecified atom stereocenters. The lowest BCUT2D eigenvalue weighted by Gasteiger charge is -2.16. The number of hydrogen-bond acceptors (Lipinski definition) is 7. The Labute approximate surface area is 111 Å². The highest BCUT2D eigenvalue weighted by molar-refractivity contribution is 5.73. The molecule has 7 nitrogen and oxygen atoms in total. The number of aliphatic hydroxyl groups is 1. The number of ether oxygens (including phenoxy) is 2. The Morgan fingerprint density at radius 3 is 1.79 bits per heavy atom. The van der Waals surface area contributed by atoms with Gasteiger partial charge in [0, 0.05) is 12.4 Å². The smallest absolute Gasteiger partial charge is 0.309 e. The molecule has 0 aromatic rings. The van der Waals surface area contributed by atoms with Gasteiger partial charge in [0.25, 0.3) is 0 Å². The largest absolute Gasteiger partial charge is 0.550 e. The first-order valence-electron chi connectivity index (χ1n) is 5.97. The summed E-state index contributed by atoms with van der Waals surface area (Å²) >= 11 is 0. The highest BCUT2D eigenvalue weighted by atomic mass is 16.6. The van der Waals surface area contributed by atoms with Gasteiger partial charge in [0.1, 0.15) is 12.2 Å². The molecule has 1 N–H and O–H groups in total. The Kier molecular flexibility index (Phi) is 7.74. The van der Waals surface area contributed by atoms with E-state index in [0.717, 1.165) is 0 Å². The van der Waals surface area contributed by atoms with Crippen LogP contribution in [-0.4, -0.2) is 41.3 Å². The number of carboxylic acid groups (broad SMARTS) is 1. The van der Waals surface area contributed by atoms with E-state index >= 15 is 0 Å². The van der Waals surface area contributed by atoms with E-state index in [1.54, 1.807) is 0 Å². The van der Waals surface area contributed by atoms with E-state index in [4.69, 9.17) is 14.6 Å². The van der Waals surface area contributed by atoms with Gasteiger partial charge in [-0.2, -0.15) is 0 Å². The molecule has 0 aliphatic carbocycles. The summed E-state index contributed by atoms with van der Waals surface area (Å²) in [5.41, 5.74) is 0. The van der Waals surface area contributed by atoms with Crippen molar-refractivity contribution in [2.45, 2.75) is 58.3 Å². The van der Waals surface area contributed by atoms with Crippen molar-refractivity contribution in [2.24, 2.45) is 0 Å². The zero-order valence-corrected chi connectivity index (χ0v) is 11.3. The second-order valence-electron chi connectivity index (χ2n) is 4.43. The number of hydrogen-bond donors (Lipinski definition) is 1. The molecule has 3 atom stereocenters. The van der Waals surface area contributed by atoms with Crippen LogP contribution in [-0.2, 0) is 23.9 Å². The summed E-state index contributed by atoms with van der Waals surface area (Å²) in [7, 11) is 0. The van der Waals surface area contributed by atoms with Gasteiger partial charge in [-0.1, -0.05) is 0 Å². The third-order valence-corrected chi connectivity index (χ3v) is 2.04. The summed E-state index contributed by atoms with van der Waals surface area (Å²) in [5.74, 6) is -2.58. The Morgan fingerprint density at radius 2 is 1.37 bits per heavy atom. The standard InChI is InChI=1S/C12H20O7/c1-7(13)4-11(16)19-9(3)6-12(17)18-8(2)5-10(14)15/h7-9,13H,4-6H2,1-3H3,(H,14,15)/p-1/t7-,8-,9-/m1/s1. The van der Waals surface area contributed by atoms with Crippen LogP contribution in [0.2, 0.25) is 0 Å². The van der Waals surface area contributed by atoms with Gasteiger partial charge in [-0.3, -0.25) is 9.59 Å². The number of carbonyl (C=O) groups excluding carboxylic acids is 3. The van der Waals surface area contributed by atoms with Crippen molar-refractivity contribution in [3.63, 3.8) is 0 Å². The van der Waals surface area contributed by atoms with Gasteiger partial charge in [0.2, 0.25) is 0 Å². The molecule has 0 radical (unpaired) electrons. The van der Waals surface area contributed by atoms with Crippen LogP contribution in [0.3, 0.4) is 0 Å². The molecule has 0 aliphatic rings. The van der Waals surface area contributed by atoms with Gasteiger partial charge in [-0.15, -0.1) is 0 Å². The minimum atomic E-state index is -1.31. The van der Waals surface area contributed by atoms with E-state index in [2.05, 4.69) is 0 Å². The molecule has 0 aromatic carbocycles. The quantitative estimate of drug-likeness (QED) is 0.574. The minimum absolute atomic E-state index is 0.152. The number of aliphatic hydroxyl groups excluding tert-OH is 1. The van der Waals surface area contributed by atoms with Gasteiger partial charge in [-0.25, -0.2) is 0 Å². The first-order valence-corrected chi connectivity index (χ1v) is 5.97. The van der Waals surface area contributed by atoms with Crippen LogP contribution in [0, 0.1) is 0 Å². The highest BCUT2D eigenvalue weighted by Gasteiger charge is 2.17. The van der Waals surface area contributed by atoms with Gasteiger partial charge in [-0.05, 0) is 20.8 Å². The summed E-state index contributed by atoms with van der Waals surface area (Å²) in [4.78, 5) is 32.8. The van der Waals surface area contributed by atoms with Crippen LogP contribution in [0.4, 0.5) is 0 Å². The van der Waals surface area contributed by atoms with Gasteiger partial charge >= 0.3 is 11.9 Å². The maximum Gasteiger partial charge on any atom is 0.309 e. The van der Waals surface area contributed by atoms with Gasteiger partial charge < -0.3 is 24.5 Å². The predicted molar refractivity (Wildman–Crippen MR) is 61.6 cm³/mol. The summed E-state index contributed by atoms with van der Waals surface area (Å²) in [5, 5.41) is 19.2. The molecule has 19 heavy (non-hydrogen) atoms. The zero-order valence-electron chi connectivity index (χ0n) is 11.3. The van der Waals surface area contributed by atoms with Crippen molar-refractivity contribution in [3.05, 3.63) is 0 Å². The highest BCUT2D eigenvalue weighted by Crippen LogP contribution is 2.06. The van der Waals surface area contributed by atoms with Crippen LogP contribution in [0.5, 0.6) is 0 Å². The fourth-order valence-corrected chi connectivity index (χ4v) is 1.34. The van der Waals surface area contributed by atoms with E-state index in [-0.39, 0.29) is 19.3 Å². The molecule has 0 spiro atoms. The van der Waals surface area contributed by atoms with Crippen LogP contribution in [0.25, 0.3) is 0 Å². The molecule has 0 heterocycles. The lowest BCUT2D eigenvalue weighted by molar-refractivity contribution is -0.307. The maximum atomic E-state index is 11.4. The Morgan fingerprint density at radius 1 is 0.947 bits per heavy atom. The zero-order chi connectivity index (χ0) is 15.0.